The molecule has 17 heavy (non-hydrogen) atoms. The Balaban J connectivity index is 2.86. The number of benzene rings is 1. The summed E-state index contributed by atoms with van der Waals surface area (Å²) >= 11 is 0. The molecule has 0 bridgehead atoms. The van der Waals surface area contributed by atoms with Crippen molar-refractivity contribution in [2.45, 2.75) is 0 Å². The van der Waals surface area contributed by atoms with Gasteiger partial charge < -0.3 is 4.74 Å². The van der Waals surface area contributed by atoms with Crippen LogP contribution < -0.4 is 0 Å². The van der Waals surface area contributed by atoms with Gasteiger partial charge in [-0.1, -0.05) is 0 Å². The van der Waals surface area contributed by atoms with Crippen LogP contribution in [0.25, 0.3) is 10.9 Å². The Bertz CT molecular complexity index is 613. The number of nitrogens with zero attached hydrogens (tertiary/aromatic N) is 1. The van der Waals surface area contributed by atoms with E-state index in [0.29, 0.717) is 6.07 Å². The maximum atomic E-state index is 13.4. The van der Waals surface area contributed by atoms with Crippen LogP contribution in [0.1, 0.15) is 10.4 Å². The van der Waals surface area contributed by atoms with E-state index in [0.717, 1.165) is 13.3 Å². The first-order valence-electron chi connectivity index (χ1n) is 4.56. The summed E-state index contributed by atoms with van der Waals surface area (Å²) < 4.78 is 43.9. The fraction of sp³-hybridized carbons (Fsp3) is 0.0909. The number of ether oxygens (including phenoxy) is 1. The average Bonchev–Trinajstić information content (AvgIpc) is 2.34. The number of fused-ring (bicyclic) bond motifs is 1. The number of esters is 1. The van der Waals surface area contributed by atoms with Crippen LogP contribution in [0.5, 0.6) is 0 Å². The lowest BCUT2D eigenvalue weighted by Crippen LogP contribution is -2.04. The first kappa shape index (κ1) is 11.4. The zero-order chi connectivity index (χ0) is 12.6. The standard InChI is InChI=1S/C11H6F3NO2/c1-17-11(16)5-2-3-15-10-6(5)4-7(12)8(13)9(10)14/h2-4H,1H3. The lowest BCUT2D eigenvalue weighted by Gasteiger charge is -2.05. The van der Waals surface area contributed by atoms with Gasteiger partial charge >= 0.3 is 5.97 Å². The molecule has 0 saturated heterocycles. The lowest BCUT2D eigenvalue weighted by atomic mass is 10.1. The third-order valence-electron chi connectivity index (χ3n) is 2.28. The number of methoxy groups -OCH3 is 1. The topological polar surface area (TPSA) is 39.2 Å². The molecule has 1 aromatic heterocycles. The molecule has 0 atom stereocenters. The minimum atomic E-state index is -1.62. The number of halogens is 3. The van der Waals surface area contributed by atoms with E-state index in [4.69, 9.17) is 0 Å². The molecule has 88 valence electrons. The molecule has 0 aliphatic rings. The quantitative estimate of drug-likeness (QED) is 0.568. The number of hydrogen-bond donors (Lipinski definition) is 0. The minimum Gasteiger partial charge on any atom is -0.465 e. The number of hydrogen-bond acceptors (Lipinski definition) is 3. The first-order valence-corrected chi connectivity index (χ1v) is 4.56. The molecule has 0 fully saturated rings. The summed E-state index contributed by atoms with van der Waals surface area (Å²) in [5.74, 6) is -5.20. The van der Waals surface area contributed by atoms with Gasteiger partial charge in [0.25, 0.3) is 0 Å². The smallest absolute Gasteiger partial charge is 0.338 e. The summed E-state index contributed by atoms with van der Waals surface area (Å²) in [5.41, 5.74) is -0.484. The van der Waals surface area contributed by atoms with Gasteiger partial charge in [-0.05, 0) is 12.1 Å². The SMILES string of the molecule is COC(=O)c1ccnc2c(F)c(F)c(F)cc12. The van der Waals surface area contributed by atoms with Gasteiger partial charge in [0.2, 0.25) is 0 Å². The summed E-state index contributed by atoms with van der Waals surface area (Å²) in [6.45, 7) is 0. The maximum absolute atomic E-state index is 13.4. The van der Waals surface area contributed by atoms with Crippen LogP contribution in [-0.4, -0.2) is 18.1 Å². The van der Waals surface area contributed by atoms with Crippen LogP contribution in [0.4, 0.5) is 13.2 Å². The van der Waals surface area contributed by atoms with E-state index < -0.39 is 28.9 Å². The second kappa shape index (κ2) is 4.04. The van der Waals surface area contributed by atoms with Crippen molar-refractivity contribution in [3.8, 4) is 0 Å². The molecule has 0 spiro atoms. The van der Waals surface area contributed by atoms with E-state index >= 15 is 0 Å². The van der Waals surface area contributed by atoms with Crippen LogP contribution in [0.3, 0.4) is 0 Å². The van der Waals surface area contributed by atoms with E-state index in [1.54, 1.807) is 0 Å². The number of carbonyl (C=O) groups excluding carboxylic acids is 1. The van der Waals surface area contributed by atoms with Crippen molar-refractivity contribution >= 4 is 16.9 Å². The minimum absolute atomic E-state index is 0.0738. The highest BCUT2D eigenvalue weighted by Crippen LogP contribution is 2.24. The van der Waals surface area contributed by atoms with Gasteiger partial charge in [0, 0.05) is 11.6 Å². The first-order chi connectivity index (χ1) is 8.06. The molecule has 6 heteroatoms. The van der Waals surface area contributed by atoms with Gasteiger partial charge in [-0.25, -0.2) is 18.0 Å². The maximum Gasteiger partial charge on any atom is 0.338 e. The molecule has 2 rings (SSSR count). The van der Waals surface area contributed by atoms with E-state index in [2.05, 4.69) is 9.72 Å². The van der Waals surface area contributed by atoms with Gasteiger partial charge in [-0.2, -0.15) is 0 Å². The predicted octanol–water partition coefficient (Wildman–Crippen LogP) is 2.44. The van der Waals surface area contributed by atoms with Crippen LogP contribution in [0.15, 0.2) is 18.3 Å². The van der Waals surface area contributed by atoms with Crippen molar-refractivity contribution in [1.29, 1.82) is 0 Å². The normalized spacial score (nSPS) is 10.6. The van der Waals surface area contributed by atoms with Gasteiger partial charge in [0.1, 0.15) is 5.52 Å². The van der Waals surface area contributed by atoms with Crippen molar-refractivity contribution in [1.82, 2.24) is 4.98 Å². The Kier molecular flexibility index (Phi) is 2.71. The molecular weight excluding hydrogens is 235 g/mol. The van der Waals surface area contributed by atoms with Crippen LogP contribution in [0.2, 0.25) is 0 Å². The zero-order valence-corrected chi connectivity index (χ0v) is 8.63. The van der Waals surface area contributed by atoms with Gasteiger partial charge in [-0.3, -0.25) is 4.98 Å². The Morgan fingerprint density at radius 1 is 1.29 bits per heavy atom. The number of aromatic nitrogens is 1. The second-order valence-corrected chi connectivity index (χ2v) is 3.23. The highest BCUT2D eigenvalue weighted by atomic mass is 19.2. The Hall–Kier alpha value is -2.11. The third-order valence-corrected chi connectivity index (χ3v) is 2.28. The fourth-order valence-corrected chi connectivity index (χ4v) is 1.48. The van der Waals surface area contributed by atoms with Gasteiger partial charge in [0.05, 0.1) is 12.7 Å². The van der Waals surface area contributed by atoms with Gasteiger partial charge in [-0.15, -0.1) is 0 Å². The molecule has 1 heterocycles. The summed E-state index contributed by atoms with van der Waals surface area (Å²) in [5, 5.41) is -0.129. The molecule has 0 aliphatic carbocycles. The molecular formula is C11H6F3NO2. The number of rotatable bonds is 1. The molecule has 3 nitrogen and oxygen atoms in total. The van der Waals surface area contributed by atoms with E-state index in [1.165, 1.54) is 6.07 Å². The van der Waals surface area contributed by atoms with E-state index in [9.17, 15) is 18.0 Å². The molecule has 1 aromatic carbocycles. The van der Waals surface area contributed by atoms with Crippen molar-refractivity contribution in [3.63, 3.8) is 0 Å². The molecule has 0 amide bonds. The van der Waals surface area contributed by atoms with E-state index in [-0.39, 0.29) is 10.9 Å². The molecule has 0 radical (unpaired) electrons. The zero-order valence-electron chi connectivity index (χ0n) is 8.63. The molecule has 0 N–H and O–H groups in total. The lowest BCUT2D eigenvalue weighted by molar-refractivity contribution is 0.0603. The fourth-order valence-electron chi connectivity index (χ4n) is 1.48. The van der Waals surface area contributed by atoms with Crippen LogP contribution in [-0.2, 0) is 4.74 Å². The monoisotopic (exact) mass is 241 g/mol. The van der Waals surface area contributed by atoms with E-state index in [1.807, 2.05) is 0 Å². The van der Waals surface area contributed by atoms with Crippen molar-refractivity contribution in [3.05, 3.63) is 41.3 Å². The van der Waals surface area contributed by atoms with Crippen molar-refractivity contribution < 1.29 is 22.7 Å². The largest absolute Gasteiger partial charge is 0.465 e. The predicted molar refractivity (Wildman–Crippen MR) is 53.0 cm³/mol. The Morgan fingerprint density at radius 2 is 2.00 bits per heavy atom. The number of carbonyl (C=O) groups is 1. The summed E-state index contributed by atoms with van der Waals surface area (Å²) in [6, 6.07) is 1.96. The Morgan fingerprint density at radius 3 is 2.65 bits per heavy atom. The highest BCUT2D eigenvalue weighted by Gasteiger charge is 2.19. The molecule has 0 saturated carbocycles. The van der Waals surface area contributed by atoms with Crippen molar-refractivity contribution in [2.24, 2.45) is 0 Å². The second-order valence-electron chi connectivity index (χ2n) is 3.23. The Labute approximate surface area is 93.8 Å². The van der Waals surface area contributed by atoms with Crippen molar-refractivity contribution in [2.75, 3.05) is 7.11 Å². The van der Waals surface area contributed by atoms with Crippen LogP contribution in [0, 0.1) is 17.5 Å². The highest BCUT2D eigenvalue weighted by molar-refractivity contribution is 6.03. The third kappa shape index (κ3) is 1.71. The summed E-state index contributed by atoms with van der Waals surface area (Å²) in [4.78, 5) is 14.9. The van der Waals surface area contributed by atoms with Crippen LogP contribution >= 0.6 is 0 Å². The van der Waals surface area contributed by atoms with Gasteiger partial charge in [0.15, 0.2) is 17.5 Å². The number of pyridine rings is 1. The molecule has 0 aliphatic heterocycles. The molecule has 2 aromatic rings. The molecule has 0 unspecified atom stereocenters. The summed E-state index contributed by atoms with van der Waals surface area (Å²) in [6.07, 6.45) is 1.12. The average molecular weight is 241 g/mol. The summed E-state index contributed by atoms with van der Waals surface area (Å²) in [7, 11) is 1.13.